The highest BCUT2D eigenvalue weighted by Gasteiger charge is 2.14. The molecule has 1 aliphatic carbocycles. The third-order valence-corrected chi connectivity index (χ3v) is 5.79. The summed E-state index contributed by atoms with van der Waals surface area (Å²) in [7, 11) is 1.78. The standard InChI is InChI=1S/C19H29N5OS/c1-13(2)16-11-14(25-24-16)12-22-19(20-3)21-10-6-9-18-23-15-7-4-5-8-17(15)26-18/h11,13H,4-10,12H2,1-3H3,(H2,20,21,22). The molecule has 0 aromatic carbocycles. The maximum atomic E-state index is 5.34. The molecule has 0 saturated carbocycles. The number of nitrogens with zero attached hydrogens (tertiary/aromatic N) is 3. The molecule has 26 heavy (non-hydrogen) atoms. The minimum Gasteiger partial charge on any atom is -0.359 e. The van der Waals surface area contributed by atoms with Gasteiger partial charge in [0.05, 0.1) is 22.9 Å². The number of aliphatic imine (C=N–C) groups is 1. The summed E-state index contributed by atoms with van der Waals surface area (Å²) in [4.78, 5) is 10.6. The van der Waals surface area contributed by atoms with E-state index in [1.807, 2.05) is 17.4 Å². The van der Waals surface area contributed by atoms with E-state index in [4.69, 9.17) is 9.51 Å². The van der Waals surface area contributed by atoms with E-state index in [2.05, 4.69) is 34.6 Å². The molecule has 2 heterocycles. The molecule has 2 aromatic heterocycles. The summed E-state index contributed by atoms with van der Waals surface area (Å²) in [6.07, 6.45) is 7.09. The van der Waals surface area contributed by atoms with E-state index in [-0.39, 0.29) is 0 Å². The summed E-state index contributed by atoms with van der Waals surface area (Å²) < 4.78 is 5.34. The van der Waals surface area contributed by atoms with Crippen molar-refractivity contribution in [2.45, 2.75) is 64.8 Å². The highest BCUT2D eigenvalue weighted by Crippen LogP contribution is 2.27. The molecule has 7 heteroatoms. The molecule has 6 nitrogen and oxygen atoms in total. The number of hydrogen-bond acceptors (Lipinski definition) is 5. The zero-order valence-corrected chi connectivity index (χ0v) is 16.8. The normalized spacial score (nSPS) is 14.5. The molecule has 3 rings (SSSR count). The Labute approximate surface area is 159 Å². The monoisotopic (exact) mass is 375 g/mol. The van der Waals surface area contributed by atoms with Gasteiger partial charge in [0, 0.05) is 31.0 Å². The molecule has 0 saturated heterocycles. The van der Waals surface area contributed by atoms with Gasteiger partial charge >= 0.3 is 0 Å². The Bertz CT molecular complexity index is 711. The molecule has 0 spiro atoms. The van der Waals surface area contributed by atoms with Crippen molar-refractivity contribution in [2.75, 3.05) is 13.6 Å². The van der Waals surface area contributed by atoms with Gasteiger partial charge in [0.1, 0.15) is 0 Å². The number of rotatable bonds is 7. The average molecular weight is 376 g/mol. The first-order valence-electron chi connectivity index (χ1n) is 9.53. The lowest BCUT2D eigenvalue weighted by molar-refractivity contribution is 0.372. The second kappa shape index (κ2) is 9.16. The summed E-state index contributed by atoms with van der Waals surface area (Å²) in [6.45, 7) is 5.67. The molecular formula is C19H29N5OS. The highest BCUT2D eigenvalue weighted by atomic mass is 32.1. The van der Waals surface area contributed by atoms with Gasteiger partial charge in [-0.3, -0.25) is 4.99 Å². The Hall–Kier alpha value is -1.89. The first kappa shape index (κ1) is 18.9. The SMILES string of the molecule is CN=C(NCCCc1nc2c(s1)CCCC2)NCc1cc(C(C)C)no1. The van der Waals surface area contributed by atoms with E-state index < -0.39 is 0 Å². The van der Waals surface area contributed by atoms with Crippen LogP contribution >= 0.6 is 11.3 Å². The second-order valence-electron chi connectivity index (χ2n) is 7.01. The van der Waals surface area contributed by atoms with Crippen LogP contribution in [0, 0.1) is 0 Å². The molecule has 0 fully saturated rings. The fraction of sp³-hybridized carbons (Fsp3) is 0.632. The Morgan fingerprint density at radius 3 is 2.88 bits per heavy atom. The van der Waals surface area contributed by atoms with E-state index in [1.54, 1.807) is 7.05 Å². The van der Waals surface area contributed by atoms with E-state index in [0.29, 0.717) is 12.5 Å². The van der Waals surface area contributed by atoms with E-state index in [1.165, 1.54) is 41.3 Å². The molecule has 0 atom stereocenters. The van der Waals surface area contributed by atoms with Gasteiger partial charge in [0.25, 0.3) is 0 Å². The zero-order valence-electron chi connectivity index (χ0n) is 16.0. The molecule has 0 aliphatic heterocycles. The number of guanidine groups is 1. The van der Waals surface area contributed by atoms with E-state index in [9.17, 15) is 0 Å². The number of aryl methyl sites for hydroxylation is 3. The molecule has 0 unspecified atom stereocenters. The van der Waals surface area contributed by atoms with Crippen molar-refractivity contribution in [1.82, 2.24) is 20.8 Å². The lowest BCUT2D eigenvalue weighted by atomic mass is 10.0. The van der Waals surface area contributed by atoms with Crippen LogP contribution in [0.2, 0.25) is 0 Å². The third kappa shape index (κ3) is 5.06. The number of aromatic nitrogens is 2. The molecule has 0 radical (unpaired) electrons. The van der Waals surface area contributed by atoms with Gasteiger partial charge in [0.2, 0.25) is 0 Å². The van der Waals surface area contributed by atoms with Crippen LogP contribution in [0.25, 0.3) is 0 Å². The third-order valence-electron chi connectivity index (χ3n) is 4.57. The predicted octanol–water partition coefficient (Wildman–Crippen LogP) is 3.43. The maximum absolute atomic E-state index is 5.34. The largest absolute Gasteiger partial charge is 0.359 e. The van der Waals surface area contributed by atoms with Gasteiger partial charge in [-0.2, -0.15) is 0 Å². The first-order valence-corrected chi connectivity index (χ1v) is 10.3. The van der Waals surface area contributed by atoms with Gasteiger partial charge in [-0.05, 0) is 38.0 Å². The lowest BCUT2D eigenvalue weighted by Crippen LogP contribution is -2.37. The Morgan fingerprint density at radius 2 is 2.15 bits per heavy atom. The molecule has 142 valence electrons. The van der Waals surface area contributed by atoms with Crippen molar-refractivity contribution < 1.29 is 4.52 Å². The van der Waals surface area contributed by atoms with Gasteiger partial charge in [-0.1, -0.05) is 19.0 Å². The summed E-state index contributed by atoms with van der Waals surface area (Å²) in [6, 6.07) is 2.00. The molecule has 2 N–H and O–H groups in total. The van der Waals surface area contributed by atoms with Crippen molar-refractivity contribution in [3.63, 3.8) is 0 Å². The zero-order chi connectivity index (χ0) is 18.4. The van der Waals surface area contributed by atoms with Crippen molar-refractivity contribution >= 4 is 17.3 Å². The quantitative estimate of drug-likeness (QED) is 0.440. The topological polar surface area (TPSA) is 75.3 Å². The highest BCUT2D eigenvalue weighted by molar-refractivity contribution is 7.11. The van der Waals surface area contributed by atoms with Gasteiger partial charge < -0.3 is 15.2 Å². The van der Waals surface area contributed by atoms with Crippen LogP contribution in [-0.4, -0.2) is 29.7 Å². The summed E-state index contributed by atoms with van der Waals surface area (Å²) in [5.41, 5.74) is 2.34. The van der Waals surface area contributed by atoms with Crippen LogP contribution in [0.4, 0.5) is 0 Å². The number of fused-ring (bicyclic) bond motifs is 1. The molecule has 2 aromatic rings. The van der Waals surface area contributed by atoms with Crippen LogP contribution in [0.15, 0.2) is 15.6 Å². The average Bonchev–Trinajstić information content (AvgIpc) is 3.27. The van der Waals surface area contributed by atoms with Crippen LogP contribution in [0.3, 0.4) is 0 Å². The summed E-state index contributed by atoms with van der Waals surface area (Å²) >= 11 is 1.91. The van der Waals surface area contributed by atoms with Crippen LogP contribution in [0.1, 0.15) is 66.1 Å². The molecular weight excluding hydrogens is 346 g/mol. The smallest absolute Gasteiger partial charge is 0.191 e. The molecule has 0 amide bonds. The van der Waals surface area contributed by atoms with Crippen LogP contribution < -0.4 is 10.6 Å². The van der Waals surface area contributed by atoms with Crippen molar-refractivity contribution in [3.05, 3.63) is 33.1 Å². The summed E-state index contributed by atoms with van der Waals surface area (Å²) in [5, 5.41) is 12.0. The Balaban J connectivity index is 1.38. The van der Waals surface area contributed by atoms with Gasteiger partial charge in [-0.25, -0.2) is 4.98 Å². The van der Waals surface area contributed by atoms with Gasteiger partial charge in [0.15, 0.2) is 11.7 Å². The minimum atomic E-state index is 0.376. The predicted molar refractivity (Wildman–Crippen MR) is 106 cm³/mol. The fourth-order valence-electron chi connectivity index (χ4n) is 3.03. The number of hydrogen-bond donors (Lipinski definition) is 2. The van der Waals surface area contributed by atoms with Crippen molar-refractivity contribution in [3.8, 4) is 0 Å². The van der Waals surface area contributed by atoms with E-state index in [0.717, 1.165) is 36.8 Å². The van der Waals surface area contributed by atoms with Crippen molar-refractivity contribution in [2.24, 2.45) is 4.99 Å². The minimum absolute atomic E-state index is 0.376. The Morgan fingerprint density at radius 1 is 1.31 bits per heavy atom. The van der Waals surface area contributed by atoms with Gasteiger partial charge in [-0.15, -0.1) is 11.3 Å². The number of thiazole rings is 1. The fourth-order valence-corrected chi connectivity index (χ4v) is 4.23. The Kier molecular flexibility index (Phi) is 6.66. The maximum Gasteiger partial charge on any atom is 0.191 e. The molecule has 1 aliphatic rings. The molecule has 0 bridgehead atoms. The second-order valence-corrected chi connectivity index (χ2v) is 8.18. The van der Waals surface area contributed by atoms with E-state index >= 15 is 0 Å². The van der Waals surface area contributed by atoms with Crippen molar-refractivity contribution in [1.29, 1.82) is 0 Å². The lowest BCUT2D eigenvalue weighted by Gasteiger charge is -2.10. The number of nitrogens with one attached hydrogen (secondary N) is 2. The first-order chi connectivity index (χ1) is 12.7. The summed E-state index contributed by atoms with van der Waals surface area (Å²) in [5.74, 6) is 1.98. The van der Waals surface area contributed by atoms with Crippen LogP contribution in [0.5, 0.6) is 0 Å². The van der Waals surface area contributed by atoms with Crippen LogP contribution in [-0.2, 0) is 25.8 Å².